The summed E-state index contributed by atoms with van der Waals surface area (Å²) in [7, 11) is 0. The lowest BCUT2D eigenvalue weighted by Gasteiger charge is -2.28. The lowest BCUT2D eigenvalue weighted by molar-refractivity contribution is -0.115. The number of piperidine rings is 1. The van der Waals surface area contributed by atoms with E-state index in [1.165, 1.54) is 36.7 Å². The Hall–Kier alpha value is -2.71. The van der Waals surface area contributed by atoms with Gasteiger partial charge in [-0.2, -0.15) is 0 Å². The van der Waals surface area contributed by atoms with Gasteiger partial charge in [0.25, 0.3) is 0 Å². The van der Waals surface area contributed by atoms with Crippen LogP contribution >= 0.6 is 23.4 Å². The SMILES string of the molecule is CC(Sc1n[nH]c(COc2ccc(Cl)cc2)n1)C(=O)Nc1ccc(N2CCCCC2)cc1. The van der Waals surface area contributed by atoms with Crippen molar-refractivity contribution in [3.8, 4) is 5.75 Å². The molecule has 1 saturated heterocycles. The summed E-state index contributed by atoms with van der Waals surface area (Å²) < 4.78 is 5.66. The minimum atomic E-state index is -0.349. The molecule has 2 aromatic carbocycles. The molecule has 1 aromatic heterocycles. The van der Waals surface area contributed by atoms with Crippen molar-refractivity contribution in [2.24, 2.45) is 0 Å². The lowest BCUT2D eigenvalue weighted by Crippen LogP contribution is -2.29. The maximum Gasteiger partial charge on any atom is 0.237 e. The average molecular weight is 472 g/mol. The predicted octanol–water partition coefficient (Wildman–Crippen LogP) is 5.15. The van der Waals surface area contributed by atoms with Crippen LogP contribution in [0.1, 0.15) is 32.0 Å². The molecule has 1 atom stereocenters. The monoisotopic (exact) mass is 471 g/mol. The van der Waals surface area contributed by atoms with Crippen LogP contribution in [0.25, 0.3) is 0 Å². The predicted molar refractivity (Wildman–Crippen MR) is 129 cm³/mol. The van der Waals surface area contributed by atoms with Crippen LogP contribution in [0.3, 0.4) is 0 Å². The fourth-order valence-electron chi connectivity index (χ4n) is 3.44. The smallest absolute Gasteiger partial charge is 0.237 e. The van der Waals surface area contributed by atoms with Crippen molar-refractivity contribution in [1.82, 2.24) is 15.2 Å². The molecular formula is C23H26ClN5O2S. The summed E-state index contributed by atoms with van der Waals surface area (Å²) in [5.74, 6) is 1.19. The van der Waals surface area contributed by atoms with Crippen molar-refractivity contribution in [2.45, 2.75) is 43.2 Å². The van der Waals surface area contributed by atoms with Crippen molar-refractivity contribution in [3.05, 3.63) is 59.4 Å². The number of nitrogens with one attached hydrogen (secondary N) is 2. The van der Waals surface area contributed by atoms with E-state index in [0.717, 1.165) is 18.8 Å². The number of benzene rings is 2. The first kappa shape index (κ1) is 22.5. The number of anilines is 2. The largest absolute Gasteiger partial charge is 0.486 e. The molecule has 0 bridgehead atoms. The van der Waals surface area contributed by atoms with Gasteiger partial charge in [-0.3, -0.25) is 9.89 Å². The minimum Gasteiger partial charge on any atom is -0.486 e. The second kappa shape index (κ2) is 10.7. The third kappa shape index (κ3) is 6.17. The molecule has 168 valence electrons. The van der Waals surface area contributed by atoms with E-state index >= 15 is 0 Å². The van der Waals surface area contributed by atoms with Gasteiger partial charge in [0.05, 0.1) is 5.25 Å². The fraction of sp³-hybridized carbons (Fsp3) is 0.348. The Labute approximate surface area is 196 Å². The highest BCUT2D eigenvalue weighted by Gasteiger charge is 2.18. The maximum atomic E-state index is 12.6. The number of hydrogen-bond acceptors (Lipinski definition) is 6. The lowest BCUT2D eigenvalue weighted by atomic mass is 10.1. The summed E-state index contributed by atoms with van der Waals surface area (Å²) >= 11 is 7.17. The molecule has 3 aromatic rings. The number of aromatic amines is 1. The van der Waals surface area contributed by atoms with Crippen LogP contribution in [0, 0.1) is 0 Å². The van der Waals surface area contributed by atoms with Gasteiger partial charge in [0, 0.05) is 29.5 Å². The van der Waals surface area contributed by atoms with Gasteiger partial charge in [0.2, 0.25) is 11.1 Å². The number of thioether (sulfide) groups is 1. The fourth-order valence-corrected chi connectivity index (χ4v) is 4.31. The zero-order chi connectivity index (χ0) is 22.3. The first-order valence-corrected chi connectivity index (χ1v) is 11.9. The molecule has 2 heterocycles. The molecule has 1 aliphatic heterocycles. The number of halogens is 1. The second-order valence-corrected chi connectivity index (χ2v) is 9.40. The molecule has 0 aliphatic carbocycles. The normalized spacial score (nSPS) is 14.8. The zero-order valence-corrected chi connectivity index (χ0v) is 19.5. The van der Waals surface area contributed by atoms with E-state index < -0.39 is 0 Å². The van der Waals surface area contributed by atoms with E-state index in [-0.39, 0.29) is 17.8 Å². The molecule has 0 spiro atoms. The van der Waals surface area contributed by atoms with Crippen LogP contribution in [-0.4, -0.2) is 39.4 Å². The van der Waals surface area contributed by atoms with Crippen LogP contribution in [0.15, 0.2) is 53.7 Å². The third-order valence-electron chi connectivity index (χ3n) is 5.21. The van der Waals surface area contributed by atoms with Gasteiger partial charge in [-0.05, 0) is 74.7 Å². The van der Waals surface area contributed by atoms with E-state index in [9.17, 15) is 4.79 Å². The topological polar surface area (TPSA) is 83.1 Å². The van der Waals surface area contributed by atoms with Gasteiger partial charge >= 0.3 is 0 Å². The van der Waals surface area contributed by atoms with Gasteiger partial charge in [-0.1, -0.05) is 23.4 Å². The van der Waals surface area contributed by atoms with E-state index in [2.05, 4.69) is 37.5 Å². The number of H-pyrrole nitrogens is 1. The number of rotatable bonds is 8. The molecule has 1 fully saturated rings. The second-order valence-electron chi connectivity index (χ2n) is 7.65. The number of hydrogen-bond donors (Lipinski definition) is 2. The van der Waals surface area contributed by atoms with E-state index in [4.69, 9.17) is 16.3 Å². The van der Waals surface area contributed by atoms with Crippen LogP contribution < -0.4 is 15.0 Å². The number of carbonyl (C=O) groups excluding carboxylic acids is 1. The van der Waals surface area contributed by atoms with Gasteiger partial charge < -0.3 is 15.0 Å². The van der Waals surface area contributed by atoms with Crippen LogP contribution in [0.4, 0.5) is 11.4 Å². The molecule has 1 aliphatic rings. The Morgan fingerprint density at radius 1 is 1.16 bits per heavy atom. The average Bonchev–Trinajstić information content (AvgIpc) is 3.27. The number of amides is 1. The Morgan fingerprint density at radius 3 is 2.59 bits per heavy atom. The maximum absolute atomic E-state index is 12.6. The first-order chi connectivity index (χ1) is 15.6. The Morgan fingerprint density at radius 2 is 1.88 bits per heavy atom. The third-order valence-corrected chi connectivity index (χ3v) is 6.42. The molecule has 1 unspecified atom stereocenters. The van der Waals surface area contributed by atoms with Gasteiger partial charge in [0.15, 0.2) is 5.82 Å². The molecule has 0 saturated carbocycles. The first-order valence-electron chi connectivity index (χ1n) is 10.7. The highest BCUT2D eigenvalue weighted by molar-refractivity contribution is 8.00. The summed E-state index contributed by atoms with van der Waals surface area (Å²) in [6.45, 7) is 4.28. The van der Waals surface area contributed by atoms with E-state index in [0.29, 0.717) is 21.8 Å². The number of nitrogens with zero attached hydrogens (tertiary/aromatic N) is 3. The van der Waals surface area contributed by atoms with Gasteiger partial charge in [-0.25, -0.2) is 4.98 Å². The van der Waals surface area contributed by atoms with Crippen molar-refractivity contribution in [2.75, 3.05) is 23.3 Å². The van der Waals surface area contributed by atoms with Gasteiger partial charge in [0.1, 0.15) is 12.4 Å². The number of carbonyl (C=O) groups is 1. The quantitative estimate of drug-likeness (QED) is 0.442. The zero-order valence-electron chi connectivity index (χ0n) is 17.9. The molecule has 4 rings (SSSR count). The summed E-state index contributed by atoms with van der Waals surface area (Å²) in [6.07, 6.45) is 3.79. The number of ether oxygens (including phenoxy) is 1. The van der Waals surface area contributed by atoms with Crippen molar-refractivity contribution in [1.29, 1.82) is 0 Å². The molecule has 9 heteroatoms. The summed E-state index contributed by atoms with van der Waals surface area (Å²) in [6, 6.07) is 15.2. The Balaban J connectivity index is 1.25. The summed E-state index contributed by atoms with van der Waals surface area (Å²) in [5.41, 5.74) is 1.99. The van der Waals surface area contributed by atoms with Crippen molar-refractivity contribution >= 4 is 40.6 Å². The molecule has 7 nitrogen and oxygen atoms in total. The Kier molecular flexibility index (Phi) is 7.55. The summed E-state index contributed by atoms with van der Waals surface area (Å²) in [4.78, 5) is 19.4. The molecule has 32 heavy (non-hydrogen) atoms. The molecule has 2 N–H and O–H groups in total. The minimum absolute atomic E-state index is 0.0931. The van der Waals surface area contributed by atoms with E-state index in [1.54, 1.807) is 24.3 Å². The van der Waals surface area contributed by atoms with Crippen LogP contribution in [0.2, 0.25) is 5.02 Å². The molecular weight excluding hydrogens is 446 g/mol. The number of aromatic nitrogens is 3. The summed E-state index contributed by atoms with van der Waals surface area (Å²) in [5, 5.41) is 10.8. The van der Waals surface area contributed by atoms with Crippen LogP contribution in [0.5, 0.6) is 5.75 Å². The Bertz CT molecular complexity index is 1020. The molecule has 1 amide bonds. The standard InChI is InChI=1S/C23H26ClN5O2S/c1-16(22(30)25-18-7-9-19(10-8-18)29-13-3-2-4-14-29)32-23-26-21(27-28-23)15-31-20-11-5-17(24)6-12-20/h5-12,16H,2-4,13-15H2,1H3,(H,25,30)(H,26,27,28). The van der Waals surface area contributed by atoms with Crippen molar-refractivity contribution < 1.29 is 9.53 Å². The highest BCUT2D eigenvalue weighted by Crippen LogP contribution is 2.24. The van der Waals surface area contributed by atoms with E-state index in [1.807, 2.05) is 19.1 Å². The van der Waals surface area contributed by atoms with Crippen LogP contribution in [-0.2, 0) is 11.4 Å². The highest BCUT2D eigenvalue weighted by atomic mass is 35.5. The van der Waals surface area contributed by atoms with Crippen molar-refractivity contribution in [3.63, 3.8) is 0 Å². The van der Waals surface area contributed by atoms with Gasteiger partial charge in [-0.15, -0.1) is 5.10 Å². The molecule has 0 radical (unpaired) electrons.